The van der Waals surface area contributed by atoms with Crippen LogP contribution in [0.5, 0.6) is 0 Å². The zero-order valence-corrected chi connectivity index (χ0v) is 23.8. The Bertz CT molecular complexity index is 1240. The fourth-order valence-corrected chi connectivity index (χ4v) is 5.50. The fraction of sp³-hybridized carbons (Fsp3) is 0.467. The smallest absolute Gasteiger partial charge is 0.318 e. The fourth-order valence-electron chi connectivity index (χ4n) is 5.18. The van der Waals surface area contributed by atoms with Crippen LogP contribution in [0.15, 0.2) is 48.7 Å². The van der Waals surface area contributed by atoms with Crippen molar-refractivity contribution in [3.8, 4) is 0 Å². The van der Waals surface area contributed by atoms with E-state index in [1.807, 2.05) is 35.4 Å². The predicted molar refractivity (Wildman–Crippen MR) is 156 cm³/mol. The van der Waals surface area contributed by atoms with Crippen LogP contribution >= 0.6 is 23.2 Å². The van der Waals surface area contributed by atoms with Crippen molar-refractivity contribution < 1.29 is 9.59 Å². The van der Waals surface area contributed by atoms with Gasteiger partial charge >= 0.3 is 6.03 Å². The number of halogens is 2. The molecule has 0 bridgehead atoms. The third-order valence-electron chi connectivity index (χ3n) is 7.17. The lowest BCUT2D eigenvalue weighted by molar-refractivity contribution is -0.132. The Morgan fingerprint density at radius 1 is 1.03 bits per heavy atom. The van der Waals surface area contributed by atoms with Gasteiger partial charge in [-0.05, 0) is 54.5 Å². The summed E-state index contributed by atoms with van der Waals surface area (Å²) in [6.45, 7) is 5.59. The van der Waals surface area contributed by atoms with E-state index in [1.54, 1.807) is 17.0 Å². The van der Waals surface area contributed by atoms with Crippen LogP contribution in [0.1, 0.15) is 57.1 Å². The number of nitrogens with one attached hydrogen (secondary N) is 2. The maximum Gasteiger partial charge on any atom is 0.318 e. The van der Waals surface area contributed by atoms with Crippen molar-refractivity contribution in [3.63, 3.8) is 0 Å². The molecule has 3 amide bonds. The SMILES string of the molecule is CC(C)CN(CC(=O)N(CCc1c[nH]c2ccccc12)Cc1ccc(Cl)c(Cl)c1)C(=O)NC1CCCCC1. The molecule has 204 valence electrons. The molecule has 6 nitrogen and oxygen atoms in total. The number of rotatable bonds is 10. The van der Waals surface area contributed by atoms with Gasteiger partial charge in [0.2, 0.25) is 5.91 Å². The number of nitrogens with zero attached hydrogens (tertiary/aromatic N) is 2. The Hall–Kier alpha value is -2.70. The van der Waals surface area contributed by atoms with Gasteiger partial charge in [-0.2, -0.15) is 0 Å². The molecule has 38 heavy (non-hydrogen) atoms. The molecular weight excluding hydrogens is 519 g/mol. The summed E-state index contributed by atoms with van der Waals surface area (Å²) in [7, 11) is 0. The molecule has 2 N–H and O–H groups in total. The number of carbonyl (C=O) groups excluding carboxylic acids is 2. The number of amides is 3. The van der Waals surface area contributed by atoms with Gasteiger partial charge in [0.1, 0.15) is 6.54 Å². The van der Waals surface area contributed by atoms with Crippen molar-refractivity contribution in [1.29, 1.82) is 0 Å². The normalized spacial score (nSPS) is 14.1. The van der Waals surface area contributed by atoms with Crippen molar-refractivity contribution >= 4 is 46.0 Å². The highest BCUT2D eigenvalue weighted by atomic mass is 35.5. The van der Waals surface area contributed by atoms with E-state index < -0.39 is 0 Å². The molecule has 0 saturated heterocycles. The maximum atomic E-state index is 13.7. The highest BCUT2D eigenvalue weighted by Gasteiger charge is 2.25. The number of hydrogen-bond donors (Lipinski definition) is 2. The summed E-state index contributed by atoms with van der Waals surface area (Å²) in [6, 6.07) is 13.7. The van der Waals surface area contributed by atoms with Gasteiger partial charge in [0, 0.05) is 42.8 Å². The molecule has 0 aliphatic heterocycles. The first kappa shape index (κ1) is 28.3. The zero-order chi connectivity index (χ0) is 27.1. The van der Waals surface area contributed by atoms with Gasteiger partial charge in [0.25, 0.3) is 0 Å². The molecule has 1 heterocycles. The molecular formula is C30H38Cl2N4O2. The predicted octanol–water partition coefficient (Wildman–Crippen LogP) is 7.05. The van der Waals surface area contributed by atoms with E-state index in [0.29, 0.717) is 36.1 Å². The third kappa shape index (κ3) is 7.67. The van der Waals surface area contributed by atoms with E-state index in [-0.39, 0.29) is 30.4 Å². The summed E-state index contributed by atoms with van der Waals surface area (Å²) < 4.78 is 0. The van der Waals surface area contributed by atoms with Crippen LogP contribution in [-0.2, 0) is 17.8 Å². The van der Waals surface area contributed by atoms with Gasteiger partial charge in [-0.1, -0.05) is 80.6 Å². The number of H-pyrrole nitrogens is 1. The second kappa shape index (κ2) is 13.4. The average molecular weight is 558 g/mol. The summed E-state index contributed by atoms with van der Waals surface area (Å²) in [6.07, 6.45) is 8.20. The largest absolute Gasteiger partial charge is 0.361 e. The lowest BCUT2D eigenvalue weighted by Crippen LogP contribution is -2.50. The first-order chi connectivity index (χ1) is 18.3. The van der Waals surface area contributed by atoms with Crippen LogP contribution < -0.4 is 5.32 Å². The number of urea groups is 1. The standard InChI is InChI=1S/C30H38Cl2N4O2/c1-21(2)18-36(30(38)34-24-8-4-3-5-9-24)20-29(37)35(19-22-12-13-26(31)27(32)16-22)15-14-23-17-33-28-11-7-6-10-25(23)28/h6-7,10-13,16-17,21,24,33H,3-5,8-9,14-15,18-20H2,1-2H3,(H,34,38). The number of hydrogen-bond acceptors (Lipinski definition) is 2. The van der Waals surface area contributed by atoms with E-state index in [9.17, 15) is 9.59 Å². The molecule has 1 saturated carbocycles. The van der Waals surface area contributed by atoms with E-state index in [4.69, 9.17) is 23.2 Å². The van der Waals surface area contributed by atoms with Gasteiger partial charge < -0.3 is 20.1 Å². The number of benzene rings is 2. The average Bonchev–Trinajstić information content (AvgIpc) is 3.31. The zero-order valence-electron chi connectivity index (χ0n) is 22.3. The van der Waals surface area contributed by atoms with Crippen molar-refractivity contribution in [2.45, 2.75) is 65.0 Å². The van der Waals surface area contributed by atoms with Crippen LogP contribution in [0.2, 0.25) is 10.0 Å². The molecule has 0 radical (unpaired) electrons. The van der Waals surface area contributed by atoms with Crippen molar-refractivity contribution in [3.05, 3.63) is 69.8 Å². The number of para-hydroxylation sites is 1. The summed E-state index contributed by atoms with van der Waals surface area (Å²) in [5, 5.41) is 5.28. The Morgan fingerprint density at radius 3 is 2.53 bits per heavy atom. The molecule has 3 aromatic rings. The van der Waals surface area contributed by atoms with Crippen LogP contribution in [0.4, 0.5) is 4.79 Å². The summed E-state index contributed by atoms with van der Waals surface area (Å²) in [4.78, 5) is 33.8. The lowest BCUT2D eigenvalue weighted by Gasteiger charge is -2.31. The Kier molecular flexibility index (Phi) is 9.97. The van der Waals surface area contributed by atoms with Crippen molar-refractivity contribution in [2.24, 2.45) is 5.92 Å². The van der Waals surface area contributed by atoms with E-state index in [1.165, 1.54) is 6.42 Å². The van der Waals surface area contributed by atoms with Crippen LogP contribution in [-0.4, -0.2) is 52.4 Å². The molecule has 1 fully saturated rings. The van der Waals surface area contributed by atoms with Crippen LogP contribution in [0.25, 0.3) is 10.9 Å². The molecule has 0 spiro atoms. The highest BCUT2D eigenvalue weighted by molar-refractivity contribution is 6.42. The van der Waals surface area contributed by atoms with Gasteiger partial charge in [-0.25, -0.2) is 4.79 Å². The minimum Gasteiger partial charge on any atom is -0.361 e. The third-order valence-corrected chi connectivity index (χ3v) is 7.91. The summed E-state index contributed by atoms with van der Waals surface area (Å²) in [5.74, 6) is 0.157. The van der Waals surface area contributed by atoms with Gasteiger partial charge in [0.15, 0.2) is 0 Å². The first-order valence-electron chi connectivity index (χ1n) is 13.6. The summed E-state index contributed by atoms with van der Waals surface area (Å²) in [5.41, 5.74) is 3.13. The van der Waals surface area contributed by atoms with Crippen molar-refractivity contribution in [1.82, 2.24) is 20.1 Å². The van der Waals surface area contributed by atoms with Crippen molar-refractivity contribution in [2.75, 3.05) is 19.6 Å². The molecule has 8 heteroatoms. The molecule has 0 unspecified atom stereocenters. The Morgan fingerprint density at radius 2 is 1.79 bits per heavy atom. The number of fused-ring (bicyclic) bond motifs is 1. The minimum absolute atomic E-state index is 0.0337. The van der Waals surface area contributed by atoms with E-state index in [0.717, 1.165) is 47.7 Å². The Balaban J connectivity index is 1.50. The van der Waals surface area contributed by atoms with Crippen LogP contribution in [0, 0.1) is 5.92 Å². The second-order valence-corrected chi connectivity index (χ2v) is 11.5. The van der Waals surface area contributed by atoms with Gasteiger partial charge in [-0.3, -0.25) is 4.79 Å². The molecule has 0 atom stereocenters. The number of aromatic amines is 1. The van der Waals surface area contributed by atoms with E-state index in [2.05, 4.69) is 30.2 Å². The maximum absolute atomic E-state index is 13.7. The molecule has 1 aliphatic carbocycles. The first-order valence-corrected chi connectivity index (χ1v) is 14.4. The summed E-state index contributed by atoms with van der Waals surface area (Å²) >= 11 is 12.4. The Labute approximate surface area is 235 Å². The van der Waals surface area contributed by atoms with Gasteiger partial charge in [-0.15, -0.1) is 0 Å². The quantitative estimate of drug-likeness (QED) is 0.281. The second-order valence-electron chi connectivity index (χ2n) is 10.7. The monoisotopic (exact) mass is 556 g/mol. The highest BCUT2D eigenvalue weighted by Crippen LogP contribution is 2.24. The number of aromatic nitrogens is 1. The molecule has 1 aliphatic rings. The topological polar surface area (TPSA) is 68.4 Å². The number of carbonyl (C=O) groups is 2. The van der Waals surface area contributed by atoms with E-state index >= 15 is 0 Å². The van der Waals surface area contributed by atoms with Crippen LogP contribution in [0.3, 0.4) is 0 Å². The molecule has 1 aromatic heterocycles. The minimum atomic E-state index is -0.148. The molecule has 4 rings (SSSR count). The lowest BCUT2D eigenvalue weighted by atomic mass is 9.96. The molecule has 2 aromatic carbocycles. The van der Waals surface area contributed by atoms with Gasteiger partial charge in [0.05, 0.1) is 10.0 Å².